The summed E-state index contributed by atoms with van der Waals surface area (Å²) in [6.07, 6.45) is 2.36. The van der Waals surface area contributed by atoms with Crippen molar-refractivity contribution in [3.05, 3.63) is 0 Å². The van der Waals surface area contributed by atoms with E-state index in [2.05, 4.69) is 17.6 Å². The van der Waals surface area contributed by atoms with Gasteiger partial charge >= 0.3 is 0 Å². The number of carbonyl (C=O) groups is 1. The van der Waals surface area contributed by atoms with E-state index in [1.807, 2.05) is 0 Å². The fraction of sp³-hybridized carbons (Fsp3) is 0.889. The van der Waals surface area contributed by atoms with Gasteiger partial charge in [-0.2, -0.15) is 0 Å². The van der Waals surface area contributed by atoms with E-state index in [0.29, 0.717) is 6.04 Å². The minimum Gasteiger partial charge on any atom is -0.367 e. The van der Waals surface area contributed by atoms with Gasteiger partial charge in [-0.1, -0.05) is 0 Å². The molecule has 1 rings (SSSR count). The molecule has 0 bridgehead atoms. The number of likely N-dealkylation sites (N-methyl/N-ethyl adjacent to an activating group) is 1. The van der Waals surface area contributed by atoms with Crippen molar-refractivity contribution in [1.29, 1.82) is 0 Å². The Bertz CT molecular complexity index is 173. The first-order valence-corrected chi connectivity index (χ1v) is 4.79. The molecule has 0 radical (unpaired) electrons. The molecule has 13 heavy (non-hydrogen) atoms. The Morgan fingerprint density at radius 2 is 2.46 bits per heavy atom. The summed E-state index contributed by atoms with van der Waals surface area (Å²) in [4.78, 5) is 10.9. The average Bonchev–Trinajstić information content (AvgIpc) is 2.16. The highest BCUT2D eigenvalue weighted by molar-refractivity contribution is 5.76. The van der Waals surface area contributed by atoms with Gasteiger partial charge < -0.3 is 15.4 Å². The molecule has 4 heteroatoms. The first-order valence-electron chi connectivity index (χ1n) is 4.79. The minimum atomic E-state index is -0.0576. The van der Waals surface area contributed by atoms with Gasteiger partial charge in [0.15, 0.2) is 0 Å². The molecule has 2 atom stereocenters. The SMILES string of the molecule is CNC(=O)COC1CCCNC1C. The van der Waals surface area contributed by atoms with Crippen molar-refractivity contribution in [2.75, 3.05) is 20.2 Å². The van der Waals surface area contributed by atoms with E-state index < -0.39 is 0 Å². The van der Waals surface area contributed by atoms with Gasteiger partial charge in [0.25, 0.3) is 0 Å². The third-order valence-electron chi connectivity index (χ3n) is 2.40. The summed E-state index contributed by atoms with van der Waals surface area (Å²) >= 11 is 0. The lowest BCUT2D eigenvalue weighted by Crippen LogP contribution is -2.45. The molecule has 0 aromatic heterocycles. The van der Waals surface area contributed by atoms with Gasteiger partial charge in [-0.25, -0.2) is 0 Å². The number of ether oxygens (including phenoxy) is 1. The van der Waals surface area contributed by atoms with E-state index in [9.17, 15) is 4.79 Å². The van der Waals surface area contributed by atoms with E-state index in [1.54, 1.807) is 7.05 Å². The number of nitrogens with one attached hydrogen (secondary N) is 2. The number of carbonyl (C=O) groups excluding carboxylic acids is 1. The number of amides is 1. The summed E-state index contributed by atoms with van der Waals surface area (Å²) in [6, 6.07) is 0.360. The van der Waals surface area contributed by atoms with Gasteiger partial charge in [0.1, 0.15) is 6.61 Å². The summed E-state index contributed by atoms with van der Waals surface area (Å²) in [5, 5.41) is 5.85. The average molecular weight is 186 g/mol. The highest BCUT2D eigenvalue weighted by Gasteiger charge is 2.21. The van der Waals surface area contributed by atoms with Crippen LogP contribution in [0.15, 0.2) is 0 Å². The first-order chi connectivity index (χ1) is 6.24. The Balaban J connectivity index is 2.22. The van der Waals surface area contributed by atoms with E-state index in [1.165, 1.54) is 0 Å². The molecule has 0 aromatic carbocycles. The van der Waals surface area contributed by atoms with E-state index in [0.717, 1.165) is 19.4 Å². The van der Waals surface area contributed by atoms with Crippen LogP contribution in [0.25, 0.3) is 0 Å². The van der Waals surface area contributed by atoms with Gasteiger partial charge in [0.2, 0.25) is 5.91 Å². The van der Waals surface area contributed by atoms with Crippen LogP contribution in [-0.2, 0) is 9.53 Å². The molecule has 2 N–H and O–H groups in total. The maximum Gasteiger partial charge on any atom is 0.245 e. The van der Waals surface area contributed by atoms with Crippen LogP contribution in [0.2, 0.25) is 0 Å². The highest BCUT2D eigenvalue weighted by atomic mass is 16.5. The van der Waals surface area contributed by atoms with Crippen LogP contribution in [0.5, 0.6) is 0 Å². The lowest BCUT2D eigenvalue weighted by Gasteiger charge is -2.29. The van der Waals surface area contributed by atoms with Crippen LogP contribution in [0.3, 0.4) is 0 Å². The van der Waals surface area contributed by atoms with Gasteiger partial charge in [-0.15, -0.1) is 0 Å². The molecule has 2 unspecified atom stereocenters. The topological polar surface area (TPSA) is 50.4 Å². The molecule has 1 aliphatic heterocycles. The van der Waals surface area contributed by atoms with Crippen LogP contribution in [0, 0.1) is 0 Å². The van der Waals surface area contributed by atoms with Crippen molar-refractivity contribution >= 4 is 5.91 Å². The van der Waals surface area contributed by atoms with E-state index in [4.69, 9.17) is 4.74 Å². The predicted molar refractivity (Wildman–Crippen MR) is 50.5 cm³/mol. The zero-order valence-electron chi connectivity index (χ0n) is 8.30. The van der Waals surface area contributed by atoms with Crippen molar-refractivity contribution in [2.45, 2.75) is 31.9 Å². The molecule has 1 fully saturated rings. The van der Waals surface area contributed by atoms with Gasteiger partial charge in [-0.05, 0) is 26.3 Å². The molecular weight excluding hydrogens is 168 g/mol. The highest BCUT2D eigenvalue weighted by Crippen LogP contribution is 2.11. The summed E-state index contributed by atoms with van der Waals surface area (Å²) in [5.41, 5.74) is 0. The minimum absolute atomic E-state index is 0.0576. The number of rotatable bonds is 3. The molecule has 0 spiro atoms. The zero-order valence-corrected chi connectivity index (χ0v) is 8.30. The zero-order chi connectivity index (χ0) is 9.68. The monoisotopic (exact) mass is 186 g/mol. The number of piperidine rings is 1. The van der Waals surface area contributed by atoms with E-state index in [-0.39, 0.29) is 18.6 Å². The summed E-state index contributed by atoms with van der Waals surface area (Å²) in [7, 11) is 1.62. The molecule has 0 saturated carbocycles. The number of hydrogen-bond acceptors (Lipinski definition) is 3. The Morgan fingerprint density at radius 1 is 1.69 bits per heavy atom. The van der Waals surface area contributed by atoms with Crippen LogP contribution in [0.1, 0.15) is 19.8 Å². The molecule has 76 valence electrons. The fourth-order valence-electron chi connectivity index (χ4n) is 1.50. The third-order valence-corrected chi connectivity index (χ3v) is 2.40. The van der Waals surface area contributed by atoms with Crippen molar-refractivity contribution in [3.8, 4) is 0 Å². The molecule has 1 amide bonds. The fourth-order valence-corrected chi connectivity index (χ4v) is 1.50. The van der Waals surface area contributed by atoms with Gasteiger partial charge in [0, 0.05) is 13.1 Å². The van der Waals surface area contributed by atoms with Crippen molar-refractivity contribution < 1.29 is 9.53 Å². The summed E-state index contributed by atoms with van der Waals surface area (Å²) < 4.78 is 5.47. The first kappa shape index (κ1) is 10.5. The lowest BCUT2D eigenvalue weighted by molar-refractivity contribution is -0.128. The third kappa shape index (κ3) is 3.32. The molecule has 0 aliphatic carbocycles. The Kier molecular flexibility index (Phi) is 4.18. The molecule has 1 heterocycles. The van der Waals surface area contributed by atoms with Crippen molar-refractivity contribution in [1.82, 2.24) is 10.6 Å². The molecule has 0 aromatic rings. The maximum atomic E-state index is 10.9. The largest absolute Gasteiger partial charge is 0.367 e. The van der Waals surface area contributed by atoms with Gasteiger partial charge in [0.05, 0.1) is 6.10 Å². The smallest absolute Gasteiger partial charge is 0.245 e. The normalized spacial score (nSPS) is 28.5. The Morgan fingerprint density at radius 3 is 3.08 bits per heavy atom. The van der Waals surface area contributed by atoms with Gasteiger partial charge in [-0.3, -0.25) is 4.79 Å². The van der Waals surface area contributed by atoms with Crippen LogP contribution in [0.4, 0.5) is 0 Å². The van der Waals surface area contributed by atoms with E-state index >= 15 is 0 Å². The lowest BCUT2D eigenvalue weighted by atomic mass is 10.0. The molecular formula is C9H18N2O2. The summed E-state index contributed by atoms with van der Waals surface area (Å²) in [5.74, 6) is -0.0576. The second-order valence-corrected chi connectivity index (χ2v) is 3.41. The molecule has 1 saturated heterocycles. The maximum absolute atomic E-state index is 10.9. The van der Waals surface area contributed by atoms with Crippen LogP contribution in [-0.4, -0.2) is 38.3 Å². The second-order valence-electron chi connectivity index (χ2n) is 3.41. The standard InChI is InChI=1S/C9H18N2O2/c1-7-8(4-3-5-11-7)13-6-9(12)10-2/h7-8,11H,3-6H2,1-2H3,(H,10,12). The molecule has 4 nitrogen and oxygen atoms in total. The Hall–Kier alpha value is -0.610. The van der Waals surface area contributed by atoms with Crippen molar-refractivity contribution in [2.24, 2.45) is 0 Å². The summed E-state index contributed by atoms with van der Waals surface area (Å²) in [6.45, 7) is 3.32. The predicted octanol–water partition coefficient (Wildman–Crippen LogP) is -0.111. The second kappa shape index (κ2) is 5.19. The van der Waals surface area contributed by atoms with Crippen molar-refractivity contribution in [3.63, 3.8) is 0 Å². The van der Waals surface area contributed by atoms with Crippen LogP contribution < -0.4 is 10.6 Å². The number of hydrogen-bond donors (Lipinski definition) is 2. The quantitative estimate of drug-likeness (QED) is 0.646. The molecule has 1 aliphatic rings. The Labute approximate surface area is 79.0 Å². The van der Waals surface area contributed by atoms with Crippen LogP contribution >= 0.6 is 0 Å².